The molecule has 0 bridgehead atoms. The third-order valence-electron chi connectivity index (χ3n) is 9.34. The van der Waals surface area contributed by atoms with Crippen LogP contribution in [-0.2, 0) is 0 Å². The van der Waals surface area contributed by atoms with Crippen molar-refractivity contribution < 1.29 is 4.42 Å². The zero-order valence-electron chi connectivity index (χ0n) is 27.5. The second-order valence-corrected chi connectivity index (χ2v) is 12.5. The molecule has 51 heavy (non-hydrogen) atoms. The van der Waals surface area contributed by atoms with Gasteiger partial charge in [0.05, 0.1) is 28.7 Å². The molecule has 0 aliphatic carbocycles. The van der Waals surface area contributed by atoms with Gasteiger partial charge in [-0.25, -0.2) is 9.97 Å². The molecule has 0 saturated carbocycles. The van der Waals surface area contributed by atoms with E-state index in [1.807, 2.05) is 78.9 Å². The summed E-state index contributed by atoms with van der Waals surface area (Å²) in [6.07, 6.45) is 0. The molecular weight excluding hydrogens is 623 g/mol. The van der Waals surface area contributed by atoms with Crippen molar-refractivity contribution in [3.63, 3.8) is 0 Å². The molecule has 0 N–H and O–H groups in total. The van der Waals surface area contributed by atoms with Gasteiger partial charge in [-0.2, -0.15) is 5.26 Å². The van der Waals surface area contributed by atoms with Crippen molar-refractivity contribution >= 4 is 21.9 Å². The van der Waals surface area contributed by atoms with Crippen LogP contribution >= 0.6 is 0 Å². The first-order valence-electron chi connectivity index (χ1n) is 16.9. The Balaban J connectivity index is 1.35. The van der Waals surface area contributed by atoms with Crippen LogP contribution in [0.5, 0.6) is 0 Å². The third-order valence-corrected chi connectivity index (χ3v) is 9.34. The van der Waals surface area contributed by atoms with Crippen molar-refractivity contribution in [3.05, 3.63) is 181 Å². The van der Waals surface area contributed by atoms with Gasteiger partial charge < -0.3 is 4.42 Å². The molecule has 0 unspecified atom stereocenters. The molecule has 2 aromatic heterocycles. The molecule has 0 aliphatic rings. The largest absolute Gasteiger partial charge is 0.455 e. The molecule has 0 amide bonds. The van der Waals surface area contributed by atoms with Crippen molar-refractivity contribution in [2.75, 3.05) is 0 Å². The Hall–Kier alpha value is -7.09. The summed E-state index contributed by atoms with van der Waals surface area (Å²) < 4.78 is 6.69. The molecule has 0 atom stereocenters. The van der Waals surface area contributed by atoms with Crippen LogP contribution in [-0.4, -0.2) is 9.97 Å². The first-order chi connectivity index (χ1) is 25.2. The summed E-state index contributed by atoms with van der Waals surface area (Å²) in [7, 11) is 0. The van der Waals surface area contributed by atoms with Gasteiger partial charge >= 0.3 is 0 Å². The number of furan rings is 1. The van der Waals surface area contributed by atoms with Gasteiger partial charge in [-0.3, -0.25) is 0 Å². The highest BCUT2D eigenvalue weighted by molar-refractivity contribution is 6.12. The Morgan fingerprint density at radius 1 is 0.392 bits per heavy atom. The maximum atomic E-state index is 9.30. The molecule has 9 aromatic rings. The molecule has 9 rings (SSSR count). The average molecular weight is 652 g/mol. The Morgan fingerprint density at radius 3 is 1.45 bits per heavy atom. The number of nitrogens with zero attached hydrogens (tertiary/aromatic N) is 3. The zero-order valence-corrected chi connectivity index (χ0v) is 27.5. The second-order valence-electron chi connectivity index (χ2n) is 12.5. The lowest BCUT2D eigenvalue weighted by Gasteiger charge is -2.17. The topological polar surface area (TPSA) is 62.7 Å². The first-order valence-corrected chi connectivity index (χ1v) is 16.9. The van der Waals surface area contributed by atoms with Gasteiger partial charge in [0.2, 0.25) is 0 Å². The van der Waals surface area contributed by atoms with Crippen LogP contribution in [0.25, 0.3) is 89.2 Å². The minimum Gasteiger partial charge on any atom is -0.455 e. The summed E-state index contributed by atoms with van der Waals surface area (Å²) in [6.45, 7) is 0. The van der Waals surface area contributed by atoms with Gasteiger partial charge in [-0.05, 0) is 52.6 Å². The summed E-state index contributed by atoms with van der Waals surface area (Å²) >= 11 is 0. The first kappa shape index (κ1) is 30.0. The van der Waals surface area contributed by atoms with E-state index in [9.17, 15) is 5.26 Å². The van der Waals surface area contributed by atoms with Gasteiger partial charge in [-0.1, -0.05) is 146 Å². The number of aromatic nitrogens is 2. The lowest BCUT2D eigenvalue weighted by atomic mass is 9.94. The Kier molecular flexibility index (Phi) is 7.50. The Bertz CT molecular complexity index is 2710. The number of para-hydroxylation sites is 1. The van der Waals surface area contributed by atoms with E-state index >= 15 is 0 Å². The SMILES string of the molecule is N#Cc1ccc(-c2ccc(-c3nc(-c4ccccc4)c(-c4ccccc4)nc3-c3cc(-c4ccccc4)cc4c3oc3ccccc34)cc2)cc1. The number of rotatable bonds is 6. The quantitative estimate of drug-likeness (QED) is 0.179. The zero-order chi connectivity index (χ0) is 34.1. The van der Waals surface area contributed by atoms with Crippen molar-refractivity contribution in [3.8, 4) is 73.4 Å². The third kappa shape index (κ3) is 5.53. The number of nitriles is 1. The molecule has 0 spiro atoms. The molecule has 4 heteroatoms. The second kappa shape index (κ2) is 12.7. The molecule has 2 heterocycles. The molecule has 238 valence electrons. The summed E-state index contributed by atoms with van der Waals surface area (Å²) in [4.78, 5) is 11.1. The molecule has 0 saturated heterocycles. The van der Waals surface area contributed by atoms with Gasteiger partial charge in [0.15, 0.2) is 0 Å². The van der Waals surface area contributed by atoms with Gasteiger partial charge in [0.25, 0.3) is 0 Å². The van der Waals surface area contributed by atoms with Crippen molar-refractivity contribution in [1.82, 2.24) is 9.97 Å². The van der Waals surface area contributed by atoms with Crippen LogP contribution < -0.4 is 0 Å². The fourth-order valence-electron chi connectivity index (χ4n) is 6.78. The molecule has 0 aliphatic heterocycles. The number of benzene rings is 7. The average Bonchev–Trinajstić information content (AvgIpc) is 3.60. The molecule has 0 radical (unpaired) electrons. The fraction of sp³-hybridized carbons (Fsp3) is 0. The summed E-state index contributed by atoms with van der Waals surface area (Å²) in [5, 5.41) is 11.4. The molecule has 7 aromatic carbocycles. The van der Waals surface area contributed by atoms with Crippen LogP contribution in [0.1, 0.15) is 5.56 Å². The van der Waals surface area contributed by atoms with Gasteiger partial charge in [-0.15, -0.1) is 0 Å². The fourth-order valence-corrected chi connectivity index (χ4v) is 6.78. The van der Waals surface area contributed by atoms with Gasteiger partial charge in [0, 0.05) is 33.0 Å². The van der Waals surface area contributed by atoms with Crippen molar-refractivity contribution in [1.29, 1.82) is 5.26 Å². The number of fused-ring (bicyclic) bond motifs is 3. The minimum atomic E-state index is 0.636. The van der Waals surface area contributed by atoms with E-state index < -0.39 is 0 Å². The van der Waals surface area contributed by atoms with E-state index in [0.29, 0.717) is 5.56 Å². The summed E-state index contributed by atoms with van der Waals surface area (Å²) in [5.74, 6) is 0. The lowest BCUT2D eigenvalue weighted by molar-refractivity contribution is 0.670. The summed E-state index contributed by atoms with van der Waals surface area (Å²) in [6, 6.07) is 61.8. The van der Waals surface area contributed by atoms with E-state index in [1.165, 1.54) is 0 Å². The van der Waals surface area contributed by atoms with E-state index in [4.69, 9.17) is 14.4 Å². The normalized spacial score (nSPS) is 11.1. The Labute approximate surface area is 295 Å². The predicted molar refractivity (Wildman–Crippen MR) is 207 cm³/mol. The molecule has 0 fully saturated rings. The van der Waals surface area contributed by atoms with Gasteiger partial charge in [0.1, 0.15) is 16.9 Å². The Morgan fingerprint density at radius 2 is 0.843 bits per heavy atom. The minimum absolute atomic E-state index is 0.636. The van der Waals surface area contributed by atoms with Crippen LogP contribution in [0.3, 0.4) is 0 Å². The van der Waals surface area contributed by atoms with Crippen LogP contribution in [0.2, 0.25) is 0 Å². The van der Waals surface area contributed by atoms with E-state index in [-0.39, 0.29) is 0 Å². The molecular formula is C47H29N3O. The maximum absolute atomic E-state index is 9.30. The van der Waals surface area contributed by atoms with Crippen molar-refractivity contribution in [2.24, 2.45) is 0 Å². The number of hydrogen-bond donors (Lipinski definition) is 0. The molecule has 4 nitrogen and oxygen atoms in total. The van der Waals surface area contributed by atoms with E-state index in [2.05, 4.69) is 103 Å². The highest BCUT2D eigenvalue weighted by Gasteiger charge is 2.23. The predicted octanol–water partition coefficient (Wildman–Crippen LogP) is 12.2. The maximum Gasteiger partial charge on any atom is 0.144 e. The lowest BCUT2D eigenvalue weighted by Crippen LogP contribution is -2.01. The van der Waals surface area contributed by atoms with E-state index in [0.717, 1.165) is 89.2 Å². The standard InChI is InChI=1S/C47H29N3O/c48-30-31-20-22-33(23-21-31)34-24-26-37(27-25-34)45-46(50-44(36-16-8-3-9-17-36)43(49-45)35-14-6-2-7-15-35)41-29-38(32-12-4-1-5-13-32)28-40-39-18-10-11-19-42(39)51-47(40)41/h1-29H. The van der Waals surface area contributed by atoms with Crippen LogP contribution in [0.4, 0.5) is 0 Å². The highest BCUT2D eigenvalue weighted by atomic mass is 16.3. The van der Waals surface area contributed by atoms with Crippen LogP contribution in [0, 0.1) is 11.3 Å². The van der Waals surface area contributed by atoms with E-state index in [1.54, 1.807) is 0 Å². The highest BCUT2D eigenvalue weighted by Crippen LogP contribution is 2.44. The number of hydrogen-bond acceptors (Lipinski definition) is 4. The van der Waals surface area contributed by atoms with Crippen LogP contribution in [0.15, 0.2) is 180 Å². The summed E-state index contributed by atoms with van der Waals surface area (Å²) in [5.41, 5.74) is 13.4. The van der Waals surface area contributed by atoms with Crippen molar-refractivity contribution in [2.45, 2.75) is 0 Å². The monoisotopic (exact) mass is 651 g/mol. The smallest absolute Gasteiger partial charge is 0.144 e.